The molecule has 0 radical (unpaired) electrons. The highest BCUT2D eigenvalue weighted by molar-refractivity contribution is 7.12. The summed E-state index contributed by atoms with van der Waals surface area (Å²) in [5.41, 5.74) is -0.551. The monoisotopic (exact) mass is 285 g/mol. The van der Waals surface area contributed by atoms with Gasteiger partial charge in [0.2, 0.25) is 0 Å². The van der Waals surface area contributed by atoms with Crippen LogP contribution in [0.25, 0.3) is 0 Å². The molecule has 6 heteroatoms. The molecule has 19 heavy (non-hydrogen) atoms. The van der Waals surface area contributed by atoms with Crippen molar-refractivity contribution in [2.24, 2.45) is 0 Å². The van der Waals surface area contributed by atoms with Crippen molar-refractivity contribution in [2.75, 3.05) is 13.2 Å². The molecule has 0 saturated heterocycles. The number of rotatable bonds is 5. The van der Waals surface area contributed by atoms with Crippen LogP contribution in [0.3, 0.4) is 0 Å². The van der Waals surface area contributed by atoms with Crippen molar-refractivity contribution < 1.29 is 19.1 Å². The summed E-state index contributed by atoms with van der Waals surface area (Å²) in [5.74, 6) is -0.104. The van der Waals surface area contributed by atoms with Crippen LogP contribution in [0.1, 0.15) is 36.9 Å². The molecule has 1 aromatic heterocycles. The third-order valence-electron chi connectivity index (χ3n) is 1.96. The lowest BCUT2D eigenvalue weighted by Crippen LogP contribution is -2.26. The summed E-state index contributed by atoms with van der Waals surface area (Å²) in [5, 5.41) is 4.59. The molecule has 0 aliphatic rings. The molecule has 0 bridgehead atoms. The summed E-state index contributed by atoms with van der Waals surface area (Å²) < 4.78 is 9.86. The van der Waals surface area contributed by atoms with E-state index in [2.05, 4.69) is 5.32 Å². The van der Waals surface area contributed by atoms with Crippen LogP contribution < -0.4 is 5.32 Å². The number of thiophene rings is 1. The zero-order chi connectivity index (χ0) is 14.3. The highest BCUT2D eigenvalue weighted by Gasteiger charge is 2.17. The molecule has 0 atom stereocenters. The van der Waals surface area contributed by atoms with Crippen LogP contribution >= 0.6 is 11.3 Å². The standard InChI is InChI=1S/C13H19NO4S/c1-13(2,3)18-12(16)17-8-5-7-14-11(15)10-6-4-9-19-10/h4,6,9H,5,7-8H2,1-3H3,(H,14,15). The number of hydrogen-bond acceptors (Lipinski definition) is 5. The Bertz CT molecular complexity index is 409. The summed E-state index contributed by atoms with van der Waals surface area (Å²) in [6, 6.07) is 3.59. The summed E-state index contributed by atoms with van der Waals surface area (Å²) in [6.45, 7) is 6.00. The summed E-state index contributed by atoms with van der Waals surface area (Å²) in [4.78, 5) is 23.4. The van der Waals surface area contributed by atoms with Crippen LogP contribution in [0.2, 0.25) is 0 Å². The third kappa shape index (κ3) is 6.81. The Hall–Kier alpha value is -1.56. The molecule has 0 unspecified atom stereocenters. The second kappa shape index (κ2) is 7.13. The van der Waals surface area contributed by atoms with Gasteiger partial charge in [0.05, 0.1) is 11.5 Å². The number of nitrogens with one attached hydrogen (secondary N) is 1. The quantitative estimate of drug-likeness (QED) is 0.667. The Labute approximate surface area is 116 Å². The fourth-order valence-electron chi connectivity index (χ4n) is 1.20. The van der Waals surface area contributed by atoms with Crippen LogP contribution in [-0.4, -0.2) is 30.8 Å². The first kappa shape index (κ1) is 15.5. The minimum Gasteiger partial charge on any atom is -0.434 e. The van der Waals surface area contributed by atoms with Gasteiger partial charge in [0.25, 0.3) is 5.91 Å². The van der Waals surface area contributed by atoms with Gasteiger partial charge in [0, 0.05) is 6.54 Å². The van der Waals surface area contributed by atoms with Gasteiger partial charge >= 0.3 is 6.16 Å². The second-order valence-electron chi connectivity index (χ2n) is 4.90. The smallest absolute Gasteiger partial charge is 0.434 e. The largest absolute Gasteiger partial charge is 0.508 e. The van der Waals surface area contributed by atoms with Crippen LogP contribution in [0.15, 0.2) is 17.5 Å². The second-order valence-corrected chi connectivity index (χ2v) is 5.85. The van der Waals surface area contributed by atoms with Gasteiger partial charge in [0.1, 0.15) is 5.60 Å². The highest BCUT2D eigenvalue weighted by Crippen LogP contribution is 2.08. The van der Waals surface area contributed by atoms with Crippen molar-refractivity contribution in [3.8, 4) is 0 Å². The zero-order valence-corrected chi connectivity index (χ0v) is 12.2. The lowest BCUT2D eigenvalue weighted by atomic mass is 10.2. The average Bonchev–Trinajstić information content (AvgIpc) is 2.79. The third-order valence-corrected chi connectivity index (χ3v) is 2.83. The van der Waals surface area contributed by atoms with Crippen molar-refractivity contribution in [1.82, 2.24) is 5.32 Å². The first-order chi connectivity index (χ1) is 8.88. The summed E-state index contributed by atoms with van der Waals surface area (Å²) >= 11 is 1.39. The first-order valence-corrected chi connectivity index (χ1v) is 6.94. The van der Waals surface area contributed by atoms with Gasteiger partial charge < -0.3 is 14.8 Å². The van der Waals surface area contributed by atoms with Crippen LogP contribution in [0.5, 0.6) is 0 Å². The zero-order valence-electron chi connectivity index (χ0n) is 11.4. The molecule has 106 valence electrons. The minimum absolute atomic E-state index is 0.104. The highest BCUT2D eigenvalue weighted by atomic mass is 32.1. The van der Waals surface area contributed by atoms with Gasteiger partial charge in [-0.2, -0.15) is 0 Å². The van der Waals surface area contributed by atoms with Gasteiger partial charge in [-0.25, -0.2) is 4.79 Å². The Balaban J connectivity index is 2.09. The molecular formula is C13H19NO4S. The maximum Gasteiger partial charge on any atom is 0.508 e. The summed E-state index contributed by atoms with van der Waals surface area (Å²) in [7, 11) is 0. The van der Waals surface area contributed by atoms with Crippen LogP contribution in [0, 0.1) is 0 Å². The van der Waals surface area contributed by atoms with E-state index >= 15 is 0 Å². The molecule has 1 N–H and O–H groups in total. The van der Waals surface area contributed by atoms with E-state index < -0.39 is 11.8 Å². The van der Waals surface area contributed by atoms with Gasteiger partial charge in [-0.3, -0.25) is 4.79 Å². The predicted molar refractivity (Wildman–Crippen MR) is 73.5 cm³/mol. The van der Waals surface area contributed by atoms with Crippen molar-refractivity contribution in [2.45, 2.75) is 32.8 Å². The molecule has 1 rings (SSSR count). The number of carbonyl (C=O) groups is 2. The predicted octanol–water partition coefficient (Wildman–Crippen LogP) is 2.82. The van der Waals surface area contributed by atoms with Gasteiger partial charge in [-0.15, -0.1) is 11.3 Å². The molecule has 0 spiro atoms. The first-order valence-electron chi connectivity index (χ1n) is 6.06. The van der Waals surface area contributed by atoms with E-state index in [1.54, 1.807) is 26.8 Å². The van der Waals surface area contributed by atoms with Crippen LogP contribution in [0.4, 0.5) is 4.79 Å². The maximum absolute atomic E-state index is 11.6. The molecule has 0 aliphatic carbocycles. The van der Waals surface area contributed by atoms with Crippen molar-refractivity contribution in [3.63, 3.8) is 0 Å². The van der Waals surface area contributed by atoms with E-state index in [1.165, 1.54) is 11.3 Å². The molecule has 1 aromatic rings. The van der Waals surface area contributed by atoms with Crippen molar-refractivity contribution in [1.29, 1.82) is 0 Å². The van der Waals surface area contributed by atoms with E-state index in [0.717, 1.165) is 0 Å². The van der Waals surface area contributed by atoms with E-state index in [9.17, 15) is 9.59 Å². The molecule has 0 aliphatic heterocycles. The SMILES string of the molecule is CC(C)(C)OC(=O)OCCCNC(=O)c1cccs1. The van der Waals surface area contributed by atoms with Crippen LogP contribution in [-0.2, 0) is 9.47 Å². The average molecular weight is 285 g/mol. The fourth-order valence-corrected chi connectivity index (χ4v) is 1.84. The minimum atomic E-state index is -0.683. The Morgan fingerprint density at radius 1 is 1.37 bits per heavy atom. The molecule has 0 fully saturated rings. The van der Waals surface area contributed by atoms with E-state index in [-0.39, 0.29) is 12.5 Å². The maximum atomic E-state index is 11.6. The molecule has 0 aromatic carbocycles. The van der Waals surface area contributed by atoms with E-state index in [1.807, 2.05) is 11.4 Å². The lowest BCUT2D eigenvalue weighted by Gasteiger charge is -2.18. The number of hydrogen-bond donors (Lipinski definition) is 1. The Morgan fingerprint density at radius 3 is 2.68 bits per heavy atom. The number of carbonyl (C=O) groups excluding carboxylic acids is 2. The Kier molecular flexibility index (Phi) is 5.82. The Morgan fingerprint density at radius 2 is 2.11 bits per heavy atom. The van der Waals surface area contributed by atoms with Gasteiger partial charge in [0.15, 0.2) is 0 Å². The van der Waals surface area contributed by atoms with Gasteiger partial charge in [-0.1, -0.05) is 6.07 Å². The lowest BCUT2D eigenvalue weighted by molar-refractivity contribution is -0.00734. The molecule has 1 amide bonds. The van der Waals surface area contributed by atoms with Gasteiger partial charge in [-0.05, 0) is 38.6 Å². The molecule has 0 saturated carbocycles. The van der Waals surface area contributed by atoms with Crippen molar-refractivity contribution >= 4 is 23.4 Å². The molecule has 5 nitrogen and oxygen atoms in total. The topological polar surface area (TPSA) is 64.6 Å². The van der Waals surface area contributed by atoms with Crippen molar-refractivity contribution in [3.05, 3.63) is 22.4 Å². The van der Waals surface area contributed by atoms with E-state index in [4.69, 9.17) is 9.47 Å². The molecule has 1 heterocycles. The normalized spacial score (nSPS) is 10.9. The number of ether oxygens (including phenoxy) is 2. The number of amides is 1. The fraction of sp³-hybridized carbons (Fsp3) is 0.538. The summed E-state index contributed by atoms with van der Waals surface area (Å²) in [6.07, 6.45) is -0.131. The molecular weight excluding hydrogens is 266 g/mol. The van der Waals surface area contributed by atoms with E-state index in [0.29, 0.717) is 17.8 Å².